The van der Waals surface area contributed by atoms with Crippen LogP contribution in [-0.2, 0) is 4.79 Å². The van der Waals surface area contributed by atoms with Gasteiger partial charge in [0.05, 0.1) is 0 Å². The van der Waals surface area contributed by atoms with Crippen LogP contribution in [0.3, 0.4) is 0 Å². The second-order valence-electron chi connectivity index (χ2n) is 2.02. The lowest BCUT2D eigenvalue weighted by atomic mass is 10.3. The molecule has 0 aromatic rings. The summed E-state index contributed by atoms with van der Waals surface area (Å²) in [6.45, 7) is 4.01. The van der Waals surface area contributed by atoms with Gasteiger partial charge in [0.15, 0.2) is 5.78 Å². The SMILES string of the molecule is CC/C=C/C(=O)/C=C/CC. The van der Waals surface area contributed by atoms with Gasteiger partial charge in [-0.1, -0.05) is 26.0 Å². The smallest absolute Gasteiger partial charge is 0.177 e. The molecular weight excluding hydrogens is 124 g/mol. The first-order chi connectivity index (χ1) is 4.81. The summed E-state index contributed by atoms with van der Waals surface area (Å²) >= 11 is 0. The van der Waals surface area contributed by atoms with Gasteiger partial charge in [0, 0.05) is 0 Å². The molecule has 1 heteroatoms. The van der Waals surface area contributed by atoms with Gasteiger partial charge in [-0.2, -0.15) is 0 Å². The van der Waals surface area contributed by atoms with Crippen molar-refractivity contribution >= 4 is 5.78 Å². The van der Waals surface area contributed by atoms with Crippen LogP contribution in [0.1, 0.15) is 26.7 Å². The van der Waals surface area contributed by atoms with E-state index in [1.54, 1.807) is 12.2 Å². The highest BCUT2D eigenvalue weighted by atomic mass is 16.1. The summed E-state index contributed by atoms with van der Waals surface area (Å²) in [5.41, 5.74) is 0. The summed E-state index contributed by atoms with van der Waals surface area (Å²) in [5.74, 6) is 0.0868. The third-order valence-corrected chi connectivity index (χ3v) is 1.04. The van der Waals surface area contributed by atoms with Crippen LogP contribution in [0.5, 0.6) is 0 Å². The highest BCUT2D eigenvalue weighted by Crippen LogP contribution is 1.85. The Labute approximate surface area is 62.4 Å². The summed E-state index contributed by atoms with van der Waals surface area (Å²) < 4.78 is 0. The van der Waals surface area contributed by atoms with Crippen molar-refractivity contribution in [2.24, 2.45) is 0 Å². The van der Waals surface area contributed by atoms with Crippen molar-refractivity contribution < 1.29 is 4.79 Å². The van der Waals surface area contributed by atoms with Gasteiger partial charge >= 0.3 is 0 Å². The molecule has 0 aromatic heterocycles. The van der Waals surface area contributed by atoms with E-state index in [2.05, 4.69) is 0 Å². The molecule has 0 aliphatic carbocycles. The standard InChI is InChI=1S/C9H14O/c1-3-5-7-9(10)8-6-4-2/h5-8H,3-4H2,1-2H3/b7-5+,8-6+. The van der Waals surface area contributed by atoms with Crippen LogP contribution >= 0.6 is 0 Å². The quantitative estimate of drug-likeness (QED) is 0.545. The van der Waals surface area contributed by atoms with Crippen molar-refractivity contribution in [1.82, 2.24) is 0 Å². The van der Waals surface area contributed by atoms with Gasteiger partial charge in [-0.25, -0.2) is 0 Å². The second-order valence-corrected chi connectivity index (χ2v) is 2.02. The van der Waals surface area contributed by atoms with Gasteiger partial charge in [0.1, 0.15) is 0 Å². The molecular formula is C9H14O. The minimum absolute atomic E-state index is 0.0868. The van der Waals surface area contributed by atoms with Crippen molar-refractivity contribution in [3.8, 4) is 0 Å². The Hall–Kier alpha value is -0.850. The largest absolute Gasteiger partial charge is 0.290 e. The van der Waals surface area contributed by atoms with Crippen LogP contribution < -0.4 is 0 Å². The summed E-state index contributed by atoms with van der Waals surface area (Å²) in [4.78, 5) is 10.8. The number of ketones is 1. The van der Waals surface area contributed by atoms with E-state index in [-0.39, 0.29) is 5.78 Å². The maximum atomic E-state index is 10.8. The number of rotatable bonds is 4. The minimum Gasteiger partial charge on any atom is -0.290 e. The van der Waals surface area contributed by atoms with Crippen molar-refractivity contribution in [3.63, 3.8) is 0 Å². The van der Waals surface area contributed by atoms with Gasteiger partial charge < -0.3 is 0 Å². The third-order valence-electron chi connectivity index (χ3n) is 1.04. The molecule has 0 rings (SSSR count). The molecule has 0 radical (unpaired) electrons. The van der Waals surface area contributed by atoms with Gasteiger partial charge in [0.2, 0.25) is 0 Å². The Morgan fingerprint density at radius 1 is 1.10 bits per heavy atom. The molecule has 0 spiro atoms. The number of carbonyl (C=O) groups excluding carboxylic acids is 1. The maximum Gasteiger partial charge on any atom is 0.177 e. The molecule has 56 valence electrons. The first-order valence-electron chi connectivity index (χ1n) is 3.68. The average Bonchev–Trinajstić information content (AvgIpc) is 1.97. The number of allylic oxidation sites excluding steroid dienone is 4. The number of hydrogen-bond acceptors (Lipinski definition) is 1. The van der Waals surface area contributed by atoms with Crippen LogP contribution in [0.2, 0.25) is 0 Å². The predicted octanol–water partition coefficient (Wildman–Crippen LogP) is 2.49. The van der Waals surface area contributed by atoms with Crippen molar-refractivity contribution in [1.29, 1.82) is 0 Å². The maximum absolute atomic E-state index is 10.8. The zero-order valence-corrected chi connectivity index (χ0v) is 6.63. The molecule has 0 heterocycles. The molecule has 0 amide bonds. The van der Waals surface area contributed by atoms with E-state index in [0.29, 0.717) is 0 Å². The number of hydrogen-bond donors (Lipinski definition) is 0. The van der Waals surface area contributed by atoms with Crippen LogP contribution in [0.25, 0.3) is 0 Å². The first-order valence-corrected chi connectivity index (χ1v) is 3.68. The molecule has 0 aliphatic rings. The molecule has 0 saturated heterocycles. The number of carbonyl (C=O) groups is 1. The molecule has 0 N–H and O–H groups in total. The Kier molecular flexibility index (Phi) is 5.74. The molecule has 0 fully saturated rings. The molecule has 0 atom stereocenters. The normalized spacial score (nSPS) is 11.4. The Bertz CT molecular complexity index is 127. The molecule has 0 aromatic carbocycles. The van der Waals surface area contributed by atoms with Gasteiger partial charge in [-0.3, -0.25) is 4.79 Å². The van der Waals surface area contributed by atoms with E-state index in [0.717, 1.165) is 12.8 Å². The van der Waals surface area contributed by atoms with Gasteiger partial charge in [-0.05, 0) is 25.0 Å². The Morgan fingerprint density at radius 2 is 1.50 bits per heavy atom. The zero-order chi connectivity index (χ0) is 7.82. The second kappa shape index (κ2) is 6.27. The van der Waals surface area contributed by atoms with E-state index < -0.39 is 0 Å². The molecule has 0 bridgehead atoms. The van der Waals surface area contributed by atoms with Crippen LogP contribution in [0, 0.1) is 0 Å². The lowest BCUT2D eigenvalue weighted by molar-refractivity contribution is -0.110. The fraction of sp³-hybridized carbons (Fsp3) is 0.444. The Morgan fingerprint density at radius 3 is 1.80 bits per heavy atom. The molecule has 0 aliphatic heterocycles. The average molecular weight is 138 g/mol. The van der Waals surface area contributed by atoms with Crippen LogP contribution in [-0.4, -0.2) is 5.78 Å². The molecule has 0 saturated carbocycles. The van der Waals surface area contributed by atoms with Crippen molar-refractivity contribution in [2.45, 2.75) is 26.7 Å². The predicted molar refractivity (Wildman–Crippen MR) is 43.9 cm³/mol. The van der Waals surface area contributed by atoms with E-state index in [1.165, 1.54) is 0 Å². The molecule has 1 nitrogen and oxygen atoms in total. The third kappa shape index (κ3) is 5.29. The lowest BCUT2D eigenvalue weighted by Crippen LogP contribution is -1.83. The Balaban J connectivity index is 3.63. The summed E-state index contributed by atoms with van der Waals surface area (Å²) in [5, 5.41) is 0. The molecule has 0 unspecified atom stereocenters. The monoisotopic (exact) mass is 138 g/mol. The highest BCUT2D eigenvalue weighted by Gasteiger charge is 1.83. The highest BCUT2D eigenvalue weighted by molar-refractivity contribution is 5.99. The van der Waals surface area contributed by atoms with Crippen LogP contribution in [0.15, 0.2) is 24.3 Å². The molecule has 10 heavy (non-hydrogen) atoms. The summed E-state index contributed by atoms with van der Waals surface area (Å²) in [6, 6.07) is 0. The fourth-order valence-corrected chi connectivity index (χ4v) is 0.524. The van der Waals surface area contributed by atoms with Crippen molar-refractivity contribution in [3.05, 3.63) is 24.3 Å². The minimum atomic E-state index is 0.0868. The zero-order valence-electron chi connectivity index (χ0n) is 6.63. The summed E-state index contributed by atoms with van der Waals surface area (Å²) in [7, 11) is 0. The van der Waals surface area contributed by atoms with E-state index in [4.69, 9.17) is 0 Å². The lowest BCUT2D eigenvalue weighted by Gasteiger charge is -1.80. The van der Waals surface area contributed by atoms with E-state index in [9.17, 15) is 4.79 Å². The van der Waals surface area contributed by atoms with Crippen LogP contribution in [0.4, 0.5) is 0 Å². The topological polar surface area (TPSA) is 17.1 Å². The van der Waals surface area contributed by atoms with Gasteiger partial charge in [0.25, 0.3) is 0 Å². The van der Waals surface area contributed by atoms with Crippen molar-refractivity contribution in [2.75, 3.05) is 0 Å². The summed E-state index contributed by atoms with van der Waals surface area (Å²) in [6.07, 6.45) is 8.78. The van der Waals surface area contributed by atoms with E-state index >= 15 is 0 Å². The fourth-order valence-electron chi connectivity index (χ4n) is 0.524. The van der Waals surface area contributed by atoms with Gasteiger partial charge in [-0.15, -0.1) is 0 Å². The first kappa shape index (κ1) is 9.15. The van der Waals surface area contributed by atoms with E-state index in [1.807, 2.05) is 26.0 Å².